The second kappa shape index (κ2) is 4.38. The number of hydrogen-bond donors (Lipinski definition) is 1. The summed E-state index contributed by atoms with van der Waals surface area (Å²) >= 11 is 3.49. The first kappa shape index (κ1) is 11.2. The van der Waals surface area contributed by atoms with Gasteiger partial charge in [0.1, 0.15) is 0 Å². The van der Waals surface area contributed by atoms with Gasteiger partial charge in [0.2, 0.25) is 0 Å². The highest BCUT2D eigenvalue weighted by Crippen LogP contribution is 2.24. The van der Waals surface area contributed by atoms with E-state index in [0.29, 0.717) is 5.92 Å². The minimum absolute atomic E-state index is 0.509. The summed E-state index contributed by atoms with van der Waals surface area (Å²) in [5.74, 6) is 1.50. The Morgan fingerprint density at radius 2 is 2.18 bits per heavy atom. The van der Waals surface area contributed by atoms with Crippen LogP contribution < -0.4 is 5.32 Å². The molecule has 3 heterocycles. The number of aromatic nitrogens is 3. The van der Waals surface area contributed by atoms with Gasteiger partial charge in [0, 0.05) is 16.6 Å². The molecule has 1 aliphatic heterocycles. The smallest absolute Gasteiger partial charge is 0.158 e. The van der Waals surface area contributed by atoms with Gasteiger partial charge in [-0.05, 0) is 60.4 Å². The van der Waals surface area contributed by atoms with E-state index in [1.54, 1.807) is 0 Å². The van der Waals surface area contributed by atoms with Crippen molar-refractivity contribution in [1.29, 1.82) is 0 Å². The molecule has 90 valence electrons. The monoisotopic (exact) mass is 294 g/mol. The van der Waals surface area contributed by atoms with E-state index in [1.807, 2.05) is 10.7 Å². The van der Waals surface area contributed by atoms with E-state index in [-0.39, 0.29) is 0 Å². The Morgan fingerprint density at radius 1 is 1.41 bits per heavy atom. The first-order chi connectivity index (χ1) is 8.24. The minimum Gasteiger partial charge on any atom is -0.317 e. The third kappa shape index (κ3) is 2.09. The van der Waals surface area contributed by atoms with Crippen LogP contribution in [0.25, 0.3) is 5.65 Å². The molecule has 2 aromatic rings. The number of pyridine rings is 1. The fourth-order valence-electron chi connectivity index (χ4n) is 2.38. The fraction of sp³-hybridized carbons (Fsp3) is 0.500. The average Bonchev–Trinajstić information content (AvgIpc) is 2.74. The molecule has 2 aromatic heterocycles. The van der Waals surface area contributed by atoms with Crippen LogP contribution in [0.4, 0.5) is 0 Å². The molecule has 0 aromatic carbocycles. The third-order valence-electron chi connectivity index (χ3n) is 3.30. The number of halogens is 1. The van der Waals surface area contributed by atoms with Crippen LogP contribution in [0.3, 0.4) is 0 Å². The normalized spacial score (nSPS) is 17.8. The van der Waals surface area contributed by atoms with E-state index in [0.717, 1.165) is 47.4 Å². The van der Waals surface area contributed by atoms with Crippen LogP contribution in [0.15, 0.2) is 16.7 Å². The van der Waals surface area contributed by atoms with Crippen molar-refractivity contribution in [2.24, 2.45) is 0 Å². The second-order valence-electron chi connectivity index (χ2n) is 4.60. The molecule has 0 atom stereocenters. The molecule has 1 saturated heterocycles. The van der Waals surface area contributed by atoms with Crippen LogP contribution in [0.1, 0.15) is 30.1 Å². The Morgan fingerprint density at radius 3 is 2.94 bits per heavy atom. The van der Waals surface area contributed by atoms with Crippen LogP contribution in [0.2, 0.25) is 0 Å². The zero-order chi connectivity index (χ0) is 11.8. The van der Waals surface area contributed by atoms with Crippen LogP contribution >= 0.6 is 15.9 Å². The van der Waals surface area contributed by atoms with Crippen LogP contribution in [-0.4, -0.2) is 27.7 Å². The highest BCUT2D eigenvalue weighted by atomic mass is 79.9. The van der Waals surface area contributed by atoms with Crippen molar-refractivity contribution < 1.29 is 0 Å². The van der Waals surface area contributed by atoms with Gasteiger partial charge in [0.25, 0.3) is 0 Å². The number of aryl methyl sites for hydroxylation is 1. The molecule has 0 unspecified atom stereocenters. The first-order valence-corrected chi connectivity index (χ1v) is 6.76. The number of nitrogens with one attached hydrogen (secondary N) is 1. The molecule has 0 radical (unpaired) electrons. The summed E-state index contributed by atoms with van der Waals surface area (Å²) in [5, 5.41) is 7.97. The van der Waals surface area contributed by atoms with Gasteiger partial charge in [0.15, 0.2) is 11.5 Å². The fourth-order valence-corrected chi connectivity index (χ4v) is 2.91. The molecular weight excluding hydrogens is 280 g/mol. The standard InChI is InChI=1S/C12H15BrN4/c1-8-6-10(13)7-17-12(8)15-11(16-17)9-2-4-14-5-3-9/h6-7,9,14H,2-5H2,1H3. The molecule has 17 heavy (non-hydrogen) atoms. The lowest BCUT2D eigenvalue weighted by Gasteiger charge is -2.19. The number of hydrogen-bond acceptors (Lipinski definition) is 3. The van der Waals surface area contributed by atoms with E-state index < -0.39 is 0 Å². The maximum Gasteiger partial charge on any atom is 0.158 e. The highest BCUT2D eigenvalue weighted by Gasteiger charge is 2.20. The summed E-state index contributed by atoms with van der Waals surface area (Å²) < 4.78 is 2.93. The summed E-state index contributed by atoms with van der Waals surface area (Å²) in [5.41, 5.74) is 2.13. The predicted molar refractivity (Wildman–Crippen MR) is 70.3 cm³/mol. The van der Waals surface area contributed by atoms with E-state index in [9.17, 15) is 0 Å². The van der Waals surface area contributed by atoms with Crippen molar-refractivity contribution in [1.82, 2.24) is 19.9 Å². The van der Waals surface area contributed by atoms with Gasteiger partial charge in [0.05, 0.1) is 0 Å². The minimum atomic E-state index is 0.509. The lowest BCUT2D eigenvalue weighted by molar-refractivity contribution is 0.445. The maximum atomic E-state index is 4.68. The Hall–Kier alpha value is -0.940. The number of rotatable bonds is 1. The largest absolute Gasteiger partial charge is 0.317 e. The summed E-state index contributed by atoms with van der Waals surface area (Å²) in [6.45, 7) is 4.22. The van der Waals surface area contributed by atoms with Crippen LogP contribution in [-0.2, 0) is 0 Å². The van der Waals surface area contributed by atoms with Crippen LogP contribution in [0, 0.1) is 6.92 Å². The maximum absolute atomic E-state index is 4.68. The number of piperidine rings is 1. The zero-order valence-corrected chi connectivity index (χ0v) is 11.4. The second-order valence-corrected chi connectivity index (χ2v) is 5.52. The molecule has 1 N–H and O–H groups in total. The van der Waals surface area contributed by atoms with Crippen molar-refractivity contribution in [3.05, 3.63) is 28.1 Å². The Labute approximate surface area is 109 Å². The molecule has 0 amide bonds. The highest BCUT2D eigenvalue weighted by molar-refractivity contribution is 9.10. The molecule has 0 spiro atoms. The Kier molecular flexibility index (Phi) is 2.88. The summed E-state index contributed by atoms with van der Waals surface area (Å²) in [6.07, 6.45) is 4.24. The van der Waals surface area contributed by atoms with Gasteiger partial charge in [-0.1, -0.05) is 0 Å². The predicted octanol–water partition coefficient (Wildman–Crippen LogP) is 2.27. The lowest BCUT2D eigenvalue weighted by atomic mass is 9.98. The Balaban J connectivity index is 2.03. The van der Waals surface area contributed by atoms with E-state index in [1.165, 1.54) is 0 Å². The molecule has 5 heteroatoms. The number of nitrogens with zero attached hydrogens (tertiary/aromatic N) is 3. The van der Waals surface area contributed by atoms with Crippen molar-refractivity contribution in [2.45, 2.75) is 25.7 Å². The van der Waals surface area contributed by atoms with E-state index in [2.05, 4.69) is 44.3 Å². The number of fused-ring (bicyclic) bond motifs is 1. The Bertz CT molecular complexity index is 543. The first-order valence-electron chi connectivity index (χ1n) is 5.97. The summed E-state index contributed by atoms with van der Waals surface area (Å²) in [6, 6.07) is 2.08. The quantitative estimate of drug-likeness (QED) is 0.877. The lowest BCUT2D eigenvalue weighted by Crippen LogP contribution is -2.27. The van der Waals surface area contributed by atoms with E-state index >= 15 is 0 Å². The van der Waals surface area contributed by atoms with Gasteiger partial charge in [-0.15, -0.1) is 0 Å². The van der Waals surface area contributed by atoms with Gasteiger partial charge in [-0.3, -0.25) is 0 Å². The van der Waals surface area contributed by atoms with Gasteiger partial charge < -0.3 is 5.32 Å². The van der Waals surface area contributed by atoms with Gasteiger partial charge in [-0.2, -0.15) is 5.10 Å². The third-order valence-corrected chi connectivity index (χ3v) is 3.74. The molecule has 3 rings (SSSR count). The molecule has 4 nitrogen and oxygen atoms in total. The molecule has 1 aliphatic rings. The van der Waals surface area contributed by atoms with Crippen LogP contribution in [0.5, 0.6) is 0 Å². The summed E-state index contributed by atoms with van der Waals surface area (Å²) in [4.78, 5) is 4.68. The van der Waals surface area contributed by atoms with Crippen molar-refractivity contribution in [2.75, 3.05) is 13.1 Å². The van der Waals surface area contributed by atoms with Gasteiger partial charge >= 0.3 is 0 Å². The molecular formula is C12H15BrN4. The zero-order valence-electron chi connectivity index (χ0n) is 9.78. The van der Waals surface area contributed by atoms with Gasteiger partial charge in [-0.25, -0.2) is 9.50 Å². The average molecular weight is 295 g/mol. The molecule has 1 fully saturated rings. The van der Waals surface area contributed by atoms with Crippen molar-refractivity contribution >= 4 is 21.6 Å². The topological polar surface area (TPSA) is 42.2 Å². The van der Waals surface area contributed by atoms with Crippen molar-refractivity contribution in [3.8, 4) is 0 Å². The van der Waals surface area contributed by atoms with E-state index in [4.69, 9.17) is 0 Å². The van der Waals surface area contributed by atoms with Crippen molar-refractivity contribution in [3.63, 3.8) is 0 Å². The molecule has 0 aliphatic carbocycles. The summed E-state index contributed by atoms with van der Waals surface area (Å²) in [7, 11) is 0. The molecule has 0 bridgehead atoms. The molecule has 0 saturated carbocycles. The SMILES string of the molecule is Cc1cc(Br)cn2nc(C3CCNCC3)nc12.